The van der Waals surface area contributed by atoms with Gasteiger partial charge in [0.05, 0.1) is 0 Å². The molecule has 0 aliphatic carbocycles. The Hall–Kier alpha value is -0.610. The minimum absolute atomic E-state index is 0.219. The lowest BCUT2D eigenvalue weighted by Crippen LogP contribution is -2.52. The van der Waals surface area contributed by atoms with Crippen LogP contribution in [0.25, 0.3) is 0 Å². The van der Waals surface area contributed by atoms with E-state index in [-0.39, 0.29) is 5.97 Å². The van der Waals surface area contributed by atoms with E-state index < -0.39 is 11.2 Å². The molecule has 4 nitrogen and oxygen atoms in total. The molecule has 16 heavy (non-hydrogen) atoms. The van der Waals surface area contributed by atoms with Crippen molar-refractivity contribution >= 4 is 5.97 Å². The topological polar surface area (TPSA) is 47.6 Å². The van der Waals surface area contributed by atoms with Crippen molar-refractivity contribution in [2.45, 2.75) is 51.7 Å². The third kappa shape index (κ3) is 3.46. The van der Waals surface area contributed by atoms with Crippen molar-refractivity contribution in [2.24, 2.45) is 0 Å². The van der Waals surface area contributed by atoms with Gasteiger partial charge in [-0.2, -0.15) is 0 Å². The second-order valence-electron chi connectivity index (χ2n) is 5.18. The Morgan fingerprint density at radius 1 is 1.31 bits per heavy atom. The third-order valence-corrected chi connectivity index (χ3v) is 2.60. The van der Waals surface area contributed by atoms with Gasteiger partial charge in [0.2, 0.25) is 0 Å². The molecule has 1 saturated heterocycles. The molecule has 94 valence electrons. The molecule has 1 fully saturated rings. The van der Waals surface area contributed by atoms with Gasteiger partial charge in [-0.3, -0.25) is 0 Å². The summed E-state index contributed by atoms with van der Waals surface area (Å²) in [4.78, 5) is 12.2. The molecule has 0 aromatic carbocycles. The number of hydrogen-bond donors (Lipinski definition) is 1. The molecular weight excluding hydrogens is 206 g/mol. The first-order valence-corrected chi connectivity index (χ1v) is 5.98. The molecule has 0 atom stereocenters. The van der Waals surface area contributed by atoms with Crippen LogP contribution in [0.2, 0.25) is 0 Å². The van der Waals surface area contributed by atoms with Gasteiger partial charge in [-0.15, -0.1) is 0 Å². The Morgan fingerprint density at radius 3 is 2.31 bits per heavy atom. The fraction of sp³-hybridized carbons (Fsp3) is 0.917. The van der Waals surface area contributed by atoms with E-state index in [0.29, 0.717) is 19.4 Å². The zero-order valence-corrected chi connectivity index (χ0v) is 10.8. The van der Waals surface area contributed by atoms with Crippen LogP contribution in [0.15, 0.2) is 0 Å². The zero-order valence-electron chi connectivity index (χ0n) is 10.8. The van der Waals surface area contributed by atoms with Crippen LogP contribution in [-0.2, 0) is 14.3 Å². The Labute approximate surface area is 97.7 Å². The van der Waals surface area contributed by atoms with Crippen molar-refractivity contribution in [3.63, 3.8) is 0 Å². The van der Waals surface area contributed by atoms with Crippen LogP contribution in [0.5, 0.6) is 0 Å². The van der Waals surface area contributed by atoms with E-state index in [1.54, 1.807) is 0 Å². The van der Waals surface area contributed by atoms with Crippen molar-refractivity contribution in [3.8, 4) is 0 Å². The molecule has 1 aliphatic rings. The van der Waals surface area contributed by atoms with Crippen molar-refractivity contribution < 1.29 is 14.3 Å². The lowest BCUT2D eigenvalue weighted by atomic mass is 9.92. The molecular formula is C12H23NO3. The molecule has 1 heterocycles. The zero-order chi connectivity index (χ0) is 12.2. The summed E-state index contributed by atoms with van der Waals surface area (Å²) >= 11 is 0. The summed E-state index contributed by atoms with van der Waals surface area (Å²) in [7, 11) is 0. The van der Waals surface area contributed by atoms with Crippen molar-refractivity contribution in [1.82, 2.24) is 5.32 Å². The van der Waals surface area contributed by atoms with Gasteiger partial charge in [0.1, 0.15) is 5.60 Å². The largest absolute Gasteiger partial charge is 0.458 e. The summed E-state index contributed by atoms with van der Waals surface area (Å²) in [6.07, 6.45) is 1.38. The van der Waals surface area contributed by atoms with E-state index in [4.69, 9.17) is 9.47 Å². The van der Waals surface area contributed by atoms with Crippen LogP contribution in [0.4, 0.5) is 0 Å². The number of ether oxygens (including phenoxy) is 2. The van der Waals surface area contributed by atoms with Gasteiger partial charge >= 0.3 is 5.97 Å². The molecule has 0 aromatic rings. The Bertz CT molecular complexity index is 234. The maximum Gasteiger partial charge on any atom is 0.339 e. The number of rotatable bonds is 3. The van der Waals surface area contributed by atoms with E-state index >= 15 is 0 Å². The van der Waals surface area contributed by atoms with Gasteiger partial charge in [0.15, 0.2) is 5.60 Å². The van der Waals surface area contributed by atoms with Crippen LogP contribution in [0.1, 0.15) is 40.5 Å². The van der Waals surface area contributed by atoms with Crippen LogP contribution >= 0.6 is 0 Å². The molecule has 0 saturated carbocycles. The normalized spacial score (nSPS) is 20.5. The SMILES string of the molecule is CCOC1(C(=O)OC(C)(C)C)CCNCC1. The second kappa shape index (κ2) is 5.15. The van der Waals surface area contributed by atoms with Gasteiger partial charge in [-0.05, 0) is 53.6 Å². The minimum atomic E-state index is -0.729. The lowest BCUT2D eigenvalue weighted by molar-refractivity contribution is -0.187. The highest BCUT2D eigenvalue weighted by Crippen LogP contribution is 2.27. The number of carbonyl (C=O) groups is 1. The first-order chi connectivity index (χ1) is 7.40. The van der Waals surface area contributed by atoms with Gasteiger partial charge in [0, 0.05) is 6.61 Å². The fourth-order valence-corrected chi connectivity index (χ4v) is 1.89. The molecule has 0 aromatic heterocycles. The molecule has 0 bridgehead atoms. The van der Waals surface area contributed by atoms with Crippen LogP contribution in [0, 0.1) is 0 Å². The number of esters is 1. The summed E-state index contributed by atoms with van der Waals surface area (Å²) in [6.45, 7) is 9.70. The molecule has 1 N–H and O–H groups in total. The van der Waals surface area contributed by atoms with Crippen LogP contribution < -0.4 is 5.32 Å². The quantitative estimate of drug-likeness (QED) is 0.745. The molecule has 1 aliphatic heterocycles. The lowest BCUT2D eigenvalue weighted by Gasteiger charge is -2.37. The monoisotopic (exact) mass is 229 g/mol. The molecule has 0 spiro atoms. The minimum Gasteiger partial charge on any atom is -0.458 e. The maximum atomic E-state index is 12.2. The highest BCUT2D eigenvalue weighted by atomic mass is 16.6. The Kier molecular flexibility index (Phi) is 4.33. The van der Waals surface area contributed by atoms with Crippen LogP contribution in [0.3, 0.4) is 0 Å². The summed E-state index contributed by atoms with van der Waals surface area (Å²) in [5.41, 5.74) is -1.18. The highest BCUT2D eigenvalue weighted by Gasteiger charge is 2.43. The summed E-state index contributed by atoms with van der Waals surface area (Å²) < 4.78 is 11.1. The van der Waals surface area contributed by atoms with Crippen molar-refractivity contribution in [2.75, 3.05) is 19.7 Å². The number of carbonyl (C=O) groups excluding carboxylic acids is 1. The first-order valence-electron chi connectivity index (χ1n) is 5.98. The van der Waals surface area contributed by atoms with E-state index in [1.807, 2.05) is 27.7 Å². The standard InChI is InChI=1S/C12H23NO3/c1-5-15-12(6-8-13-9-7-12)10(14)16-11(2,3)4/h13H,5-9H2,1-4H3. The average Bonchev–Trinajstić information content (AvgIpc) is 2.17. The van der Waals surface area contributed by atoms with Crippen LogP contribution in [-0.4, -0.2) is 36.9 Å². The third-order valence-electron chi connectivity index (χ3n) is 2.60. The molecule has 0 unspecified atom stereocenters. The second-order valence-corrected chi connectivity index (χ2v) is 5.18. The van der Waals surface area contributed by atoms with E-state index in [2.05, 4.69) is 5.32 Å². The smallest absolute Gasteiger partial charge is 0.339 e. The molecule has 0 amide bonds. The van der Waals surface area contributed by atoms with Gasteiger partial charge < -0.3 is 14.8 Å². The summed E-state index contributed by atoms with van der Waals surface area (Å²) in [5, 5.41) is 3.23. The van der Waals surface area contributed by atoms with E-state index in [9.17, 15) is 4.79 Å². The first kappa shape index (κ1) is 13.5. The van der Waals surface area contributed by atoms with Crippen molar-refractivity contribution in [3.05, 3.63) is 0 Å². The Balaban J connectivity index is 2.72. The summed E-state index contributed by atoms with van der Waals surface area (Å²) in [5.74, 6) is -0.219. The molecule has 0 radical (unpaired) electrons. The fourth-order valence-electron chi connectivity index (χ4n) is 1.89. The number of hydrogen-bond acceptors (Lipinski definition) is 4. The maximum absolute atomic E-state index is 12.2. The Morgan fingerprint density at radius 2 is 1.88 bits per heavy atom. The molecule has 4 heteroatoms. The van der Waals surface area contributed by atoms with Gasteiger partial charge in [0.25, 0.3) is 0 Å². The average molecular weight is 229 g/mol. The predicted octanol–water partition coefficient (Wildman–Crippen LogP) is 1.49. The summed E-state index contributed by atoms with van der Waals surface area (Å²) in [6, 6.07) is 0. The molecule has 1 rings (SSSR count). The van der Waals surface area contributed by atoms with Crippen molar-refractivity contribution in [1.29, 1.82) is 0 Å². The van der Waals surface area contributed by atoms with Gasteiger partial charge in [-0.25, -0.2) is 4.79 Å². The van der Waals surface area contributed by atoms with E-state index in [1.165, 1.54) is 0 Å². The number of piperidine rings is 1. The predicted molar refractivity (Wildman–Crippen MR) is 62.3 cm³/mol. The van der Waals surface area contributed by atoms with E-state index in [0.717, 1.165) is 13.1 Å². The number of nitrogens with one attached hydrogen (secondary N) is 1. The highest BCUT2D eigenvalue weighted by molar-refractivity contribution is 5.80. The van der Waals surface area contributed by atoms with Gasteiger partial charge in [-0.1, -0.05) is 0 Å².